The van der Waals surface area contributed by atoms with Gasteiger partial charge in [0.25, 0.3) is 0 Å². The van der Waals surface area contributed by atoms with Crippen LogP contribution in [0.3, 0.4) is 0 Å². The maximum Gasteiger partial charge on any atom is 0.472 e. The van der Waals surface area contributed by atoms with Crippen molar-refractivity contribution in [1.82, 2.24) is 0 Å². The van der Waals surface area contributed by atoms with Gasteiger partial charge in [-0.1, -0.05) is 312 Å². The molecule has 0 aliphatic rings. The van der Waals surface area contributed by atoms with Crippen molar-refractivity contribution in [3.8, 4) is 0 Å². The highest BCUT2D eigenvalue weighted by atomic mass is 31.2. The Morgan fingerprint density at radius 3 is 0.835 bits per heavy atom. The van der Waals surface area contributed by atoms with Crippen molar-refractivity contribution in [3.05, 3.63) is 0 Å². The third-order valence-electron chi connectivity index (χ3n) is 17.0. The number of unbranched alkanes of at least 4 members (excludes halogenated alkanes) is 37. The van der Waals surface area contributed by atoms with Gasteiger partial charge in [-0.15, -0.1) is 0 Å². The van der Waals surface area contributed by atoms with Gasteiger partial charge >= 0.3 is 39.5 Å². The van der Waals surface area contributed by atoms with E-state index in [0.717, 1.165) is 114 Å². The Labute approximate surface area is 556 Å². The van der Waals surface area contributed by atoms with Crippen LogP contribution in [0.25, 0.3) is 0 Å². The maximum absolute atomic E-state index is 13.0. The molecule has 0 spiro atoms. The van der Waals surface area contributed by atoms with Crippen LogP contribution in [0.4, 0.5) is 0 Å². The molecule has 0 aromatic rings. The first-order valence-corrected chi connectivity index (χ1v) is 40.4. The number of phosphoric ester groups is 2. The molecule has 6 atom stereocenters. The predicted molar refractivity (Wildman–Crippen MR) is 368 cm³/mol. The lowest BCUT2D eigenvalue weighted by Crippen LogP contribution is -2.30. The van der Waals surface area contributed by atoms with E-state index in [4.69, 9.17) is 37.0 Å². The van der Waals surface area contributed by atoms with E-state index in [1.54, 1.807) is 0 Å². The molecule has 0 heterocycles. The fourth-order valence-electron chi connectivity index (χ4n) is 10.9. The molecule has 0 bridgehead atoms. The van der Waals surface area contributed by atoms with Crippen molar-refractivity contribution in [2.24, 2.45) is 17.8 Å². The maximum atomic E-state index is 13.0. The molecule has 3 N–H and O–H groups in total. The lowest BCUT2D eigenvalue weighted by Gasteiger charge is -2.21. The van der Waals surface area contributed by atoms with Crippen LogP contribution in [-0.4, -0.2) is 96.7 Å². The summed E-state index contributed by atoms with van der Waals surface area (Å²) in [6.45, 7) is 11.8. The standard InChI is InChI=1S/C72H140O17P2/c1-8-10-11-36-46-53-69(74)82-59-67(88-72(77)56-49-42-35-29-28-32-39-45-52-65(7)9-2)61-86-90(78,79)84-57-66(73)58-85-91(80,81)87-62-68(60-83-70(75)54-47-40-33-26-22-19-15-17-21-25-31-38-44-51-64(5)6)89-71(76)55-48-41-34-27-23-18-14-12-13-16-20-24-30-37-43-50-63(3)4/h63-68,73H,8-62H2,1-7H3,(H,78,79)(H,80,81)/t65?,66-,67+,68+/m0/s1. The van der Waals surface area contributed by atoms with E-state index in [1.807, 2.05) is 0 Å². The number of aliphatic hydroxyl groups excluding tert-OH is 1. The van der Waals surface area contributed by atoms with E-state index >= 15 is 0 Å². The predicted octanol–water partition coefficient (Wildman–Crippen LogP) is 20.6. The van der Waals surface area contributed by atoms with Gasteiger partial charge in [-0.2, -0.15) is 0 Å². The molecule has 0 aliphatic carbocycles. The van der Waals surface area contributed by atoms with Crippen LogP contribution in [0.1, 0.15) is 363 Å². The Kier molecular flexibility index (Phi) is 61.5. The van der Waals surface area contributed by atoms with Crippen LogP contribution >= 0.6 is 15.6 Å². The summed E-state index contributed by atoms with van der Waals surface area (Å²) in [7, 11) is -9.90. The quantitative estimate of drug-likeness (QED) is 0.0222. The molecule has 0 aliphatic heterocycles. The highest BCUT2D eigenvalue weighted by Crippen LogP contribution is 2.45. The monoisotopic (exact) mass is 1340 g/mol. The Morgan fingerprint density at radius 1 is 0.319 bits per heavy atom. The SMILES string of the molecule is CCCCCCCC(=O)OC[C@H](COP(=O)(O)OC[C@H](O)COP(=O)(O)OC[C@@H](COC(=O)CCCCCCCCCCCCCCCC(C)C)OC(=O)CCCCCCCCCCCCCCCCCC(C)C)OC(=O)CCCCCCCCCCC(C)CC. The average molecular weight is 1340 g/mol. The summed E-state index contributed by atoms with van der Waals surface area (Å²) >= 11 is 0. The molecule has 0 aromatic heterocycles. The van der Waals surface area contributed by atoms with E-state index in [9.17, 15) is 43.2 Å². The lowest BCUT2D eigenvalue weighted by molar-refractivity contribution is -0.161. The molecule has 0 radical (unpaired) electrons. The molecular weight excluding hydrogens is 1200 g/mol. The fraction of sp³-hybridized carbons (Fsp3) is 0.944. The summed E-state index contributed by atoms with van der Waals surface area (Å²) in [6, 6.07) is 0. The fourth-order valence-corrected chi connectivity index (χ4v) is 12.4. The zero-order valence-corrected chi connectivity index (χ0v) is 61.1. The molecule has 0 saturated heterocycles. The summed E-state index contributed by atoms with van der Waals surface area (Å²) < 4.78 is 68.2. The number of hydrogen-bond acceptors (Lipinski definition) is 15. The Morgan fingerprint density at radius 2 is 0.560 bits per heavy atom. The molecule has 3 unspecified atom stereocenters. The highest BCUT2D eigenvalue weighted by molar-refractivity contribution is 7.47. The van der Waals surface area contributed by atoms with Crippen molar-refractivity contribution < 1.29 is 80.2 Å². The smallest absolute Gasteiger partial charge is 0.462 e. The van der Waals surface area contributed by atoms with Gasteiger partial charge in [0, 0.05) is 25.7 Å². The first kappa shape index (κ1) is 89.1. The summed E-state index contributed by atoms with van der Waals surface area (Å²) in [6.07, 6.45) is 47.5. The number of carbonyl (C=O) groups excluding carboxylic acids is 4. The lowest BCUT2D eigenvalue weighted by atomic mass is 9.99. The van der Waals surface area contributed by atoms with E-state index in [-0.39, 0.29) is 25.7 Å². The molecule has 0 saturated carbocycles. The zero-order valence-electron chi connectivity index (χ0n) is 59.3. The number of aliphatic hydroxyl groups is 1. The van der Waals surface area contributed by atoms with Gasteiger partial charge < -0.3 is 33.8 Å². The molecule has 540 valence electrons. The Bertz CT molecular complexity index is 1790. The Hall–Kier alpha value is -1.94. The minimum atomic E-state index is -4.95. The second kappa shape index (κ2) is 62.8. The van der Waals surface area contributed by atoms with E-state index in [2.05, 4.69) is 48.5 Å². The van der Waals surface area contributed by atoms with Crippen molar-refractivity contribution in [1.29, 1.82) is 0 Å². The van der Waals surface area contributed by atoms with Gasteiger partial charge in [0.2, 0.25) is 0 Å². The average Bonchev–Trinajstić information content (AvgIpc) is 2.14. The van der Waals surface area contributed by atoms with Crippen LogP contribution in [0.5, 0.6) is 0 Å². The first-order valence-electron chi connectivity index (χ1n) is 37.4. The third kappa shape index (κ3) is 65.1. The number of carbonyl (C=O) groups is 4. The second-order valence-corrected chi connectivity index (χ2v) is 30.1. The van der Waals surface area contributed by atoms with Crippen LogP contribution in [0, 0.1) is 17.8 Å². The van der Waals surface area contributed by atoms with Crippen molar-refractivity contribution >= 4 is 39.5 Å². The summed E-state index contributed by atoms with van der Waals surface area (Å²) in [5.74, 6) is 0.229. The van der Waals surface area contributed by atoms with Crippen molar-refractivity contribution in [2.75, 3.05) is 39.6 Å². The van der Waals surface area contributed by atoms with Gasteiger partial charge in [-0.25, -0.2) is 9.13 Å². The van der Waals surface area contributed by atoms with Crippen LogP contribution in [-0.2, 0) is 65.4 Å². The number of ether oxygens (including phenoxy) is 4. The van der Waals surface area contributed by atoms with Crippen LogP contribution < -0.4 is 0 Å². The minimum Gasteiger partial charge on any atom is -0.462 e. The van der Waals surface area contributed by atoms with Gasteiger partial charge in [-0.3, -0.25) is 37.3 Å². The summed E-state index contributed by atoms with van der Waals surface area (Å²) in [5, 5.41) is 10.6. The highest BCUT2D eigenvalue weighted by Gasteiger charge is 2.30. The summed E-state index contributed by atoms with van der Waals surface area (Å²) in [4.78, 5) is 72.4. The number of hydrogen-bond donors (Lipinski definition) is 3. The second-order valence-electron chi connectivity index (χ2n) is 27.2. The molecular formula is C72H140O17P2. The first-order chi connectivity index (χ1) is 43.8. The van der Waals surface area contributed by atoms with E-state index < -0.39 is 97.5 Å². The van der Waals surface area contributed by atoms with Crippen LogP contribution in [0.15, 0.2) is 0 Å². The molecule has 0 amide bonds. The third-order valence-corrected chi connectivity index (χ3v) is 18.9. The van der Waals surface area contributed by atoms with Crippen LogP contribution in [0.2, 0.25) is 0 Å². The van der Waals surface area contributed by atoms with Crippen molar-refractivity contribution in [2.45, 2.75) is 381 Å². The number of esters is 4. The molecule has 91 heavy (non-hydrogen) atoms. The van der Waals surface area contributed by atoms with Gasteiger partial charge in [0.1, 0.15) is 19.3 Å². The van der Waals surface area contributed by atoms with E-state index in [0.29, 0.717) is 25.7 Å². The van der Waals surface area contributed by atoms with E-state index in [1.165, 1.54) is 167 Å². The Balaban J connectivity index is 5.16. The molecule has 0 fully saturated rings. The van der Waals surface area contributed by atoms with Crippen molar-refractivity contribution in [3.63, 3.8) is 0 Å². The van der Waals surface area contributed by atoms with Gasteiger partial charge in [0.05, 0.1) is 26.4 Å². The molecule has 19 heteroatoms. The van der Waals surface area contributed by atoms with Gasteiger partial charge in [0.15, 0.2) is 12.2 Å². The molecule has 0 rings (SSSR count). The van der Waals surface area contributed by atoms with Gasteiger partial charge in [-0.05, 0) is 43.4 Å². The topological polar surface area (TPSA) is 237 Å². The normalized spacial score (nSPS) is 14.5. The summed E-state index contributed by atoms with van der Waals surface area (Å²) in [5.41, 5.74) is 0. The largest absolute Gasteiger partial charge is 0.472 e. The molecule has 17 nitrogen and oxygen atoms in total. The number of phosphoric acid groups is 2. The molecule has 0 aromatic carbocycles. The zero-order chi connectivity index (χ0) is 67.3. The minimum absolute atomic E-state index is 0.104. The number of rotatable bonds is 70.